The molecule has 0 aromatic rings. The van der Waals surface area contributed by atoms with Crippen LogP contribution in [0.2, 0.25) is 0 Å². The number of nitrogens with zero attached hydrogens (tertiary/aromatic N) is 1. The summed E-state index contributed by atoms with van der Waals surface area (Å²) in [5.74, 6) is 3.18. The number of unbranched alkanes of at least 4 members (excludes halogenated alkanes) is 1. The van der Waals surface area contributed by atoms with Crippen LogP contribution < -0.4 is 10.6 Å². The molecule has 112 valence electrons. The fraction of sp³-hybridized carbons (Fsp3) is 0.769. The van der Waals surface area contributed by atoms with Crippen molar-refractivity contribution >= 4 is 29.9 Å². The number of guanidine groups is 1. The number of halogens is 1. The minimum absolute atomic E-state index is 0. The summed E-state index contributed by atoms with van der Waals surface area (Å²) in [4.78, 5) is 4.01. The predicted octanol–water partition coefficient (Wildman–Crippen LogP) is 1.24. The number of terminal acetylenes is 1. The molecule has 0 radical (unpaired) electrons. The van der Waals surface area contributed by atoms with Crippen LogP contribution in [0.15, 0.2) is 4.99 Å². The Balaban J connectivity index is 0. The van der Waals surface area contributed by atoms with Crippen LogP contribution in [-0.2, 0) is 9.47 Å². The number of rotatable bonds is 10. The van der Waals surface area contributed by atoms with E-state index in [9.17, 15) is 0 Å². The molecule has 0 aliphatic rings. The molecule has 0 amide bonds. The Morgan fingerprint density at radius 2 is 1.84 bits per heavy atom. The van der Waals surface area contributed by atoms with E-state index in [-0.39, 0.29) is 24.0 Å². The van der Waals surface area contributed by atoms with E-state index >= 15 is 0 Å². The lowest BCUT2D eigenvalue weighted by molar-refractivity contribution is 0.0487. The Hall–Kier alpha value is -0.520. The molecule has 0 fully saturated rings. The van der Waals surface area contributed by atoms with Gasteiger partial charge in [-0.2, -0.15) is 0 Å². The van der Waals surface area contributed by atoms with Crippen LogP contribution >= 0.6 is 24.0 Å². The molecule has 0 aliphatic carbocycles. The maximum absolute atomic E-state index is 5.40. The van der Waals surface area contributed by atoms with Crippen molar-refractivity contribution in [3.8, 4) is 12.3 Å². The Morgan fingerprint density at radius 1 is 1.16 bits per heavy atom. The summed E-state index contributed by atoms with van der Waals surface area (Å²) < 4.78 is 10.8. The second-order valence-electron chi connectivity index (χ2n) is 3.63. The van der Waals surface area contributed by atoms with Crippen molar-refractivity contribution in [3.05, 3.63) is 0 Å². The van der Waals surface area contributed by atoms with Gasteiger partial charge < -0.3 is 20.1 Å². The molecule has 0 saturated heterocycles. The van der Waals surface area contributed by atoms with Crippen LogP contribution in [0.4, 0.5) is 0 Å². The third-order valence-corrected chi connectivity index (χ3v) is 2.13. The van der Waals surface area contributed by atoms with Crippen molar-refractivity contribution in [3.63, 3.8) is 0 Å². The Morgan fingerprint density at radius 3 is 2.42 bits per heavy atom. The number of ether oxygens (including phenoxy) is 2. The van der Waals surface area contributed by atoms with E-state index in [1.54, 1.807) is 7.05 Å². The summed E-state index contributed by atoms with van der Waals surface area (Å²) >= 11 is 0. The van der Waals surface area contributed by atoms with Gasteiger partial charge in [-0.15, -0.1) is 30.4 Å². The SMILES string of the molecule is C#CCNC(=NC)NCCOCCOCCCC.I. The zero-order chi connectivity index (χ0) is 13.5. The van der Waals surface area contributed by atoms with Crippen LogP contribution in [-0.4, -0.2) is 52.5 Å². The normalized spacial score (nSPS) is 10.5. The summed E-state index contributed by atoms with van der Waals surface area (Å²) in [5.41, 5.74) is 0. The molecular formula is C13H26IN3O2. The first-order valence-electron chi connectivity index (χ1n) is 6.38. The average Bonchev–Trinajstić information content (AvgIpc) is 2.40. The Kier molecular flexibility index (Phi) is 19.1. The molecule has 0 aromatic carbocycles. The van der Waals surface area contributed by atoms with Crippen LogP contribution in [0.3, 0.4) is 0 Å². The molecule has 0 bridgehead atoms. The first-order chi connectivity index (χ1) is 8.85. The van der Waals surface area contributed by atoms with Crippen molar-refractivity contribution < 1.29 is 9.47 Å². The lowest BCUT2D eigenvalue weighted by Crippen LogP contribution is -2.39. The summed E-state index contributed by atoms with van der Waals surface area (Å²) in [5, 5.41) is 6.06. The van der Waals surface area contributed by atoms with Crippen LogP contribution in [0.1, 0.15) is 19.8 Å². The number of hydrogen-bond acceptors (Lipinski definition) is 3. The van der Waals surface area contributed by atoms with Crippen molar-refractivity contribution in [2.75, 3.05) is 46.6 Å². The fourth-order valence-electron chi connectivity index (χ4n) is 1.17. The van der Waals surface area contributed by atoms with Gasteiger partial charge in [0.15, 0.2) is 5.96 Å². The van der Waals surface area contributed by atoms with E-state index in [0.717, 1.165) is 19.4 Å². The predicted molar refractivity (Wildman–Crippen MR) is 90.2 cm³/mol. The molecule has 2 N–H and O–H groups in total. The fourth-order valence-corrected chi connectivity index (χ4v) is 1.17. The first-order valence-corrected chi connectivity index (χ1v) is 6.38. The van der Waals surface area contributed by atoms with E-state index in [1.807, 2.05) is 0 Å². The lowest BCUT2D eigenvalue weighted by atomic mass is 10.4. The van der Waals surface area contributed by atoms with Crippen LogP contribution in [0.5, 0.6) is 0 Å². The minimum Gasteiger partial charge on any atom is -0.379 e. The molecule has 0 atom stereocenters. The zero-order valence-corrected chi connectivity index (χ0v) is 14.2. The molecule has 5 nitrogen and oxygen atoms in total. The van der Waals surface area contributed by atoms with Gasteiger partial charge in [-0.05, 0) is 6.42 Å². The van der Waals surface area contributed by atoms with E-state index in [0.29, 0.717) is 38.9 Å². The number of nitrogens with one attached hydrogen (secondary N) is 2. The van der Waals surface area contributed by atoms with E-state index in [4.69, 9.17) is 15.9 Å². The highest BCUT2D eigenvalue weighted by atomic mass is 127. The van der Waals surface area contributed by atoms with Gasteiger partial charge in [-0.3, -0.25) is 4.99 Å². The molecular weight excluding hydrogens is 357 g/mol. The van der Waals surface area contributed by atoms with Gasteiger partial charge in [0.2, 0.25) is 0 Å². The average molecular weight is 383 g/mol. The van der Waals surface area contributed by atoms with Crippen LogP contribution in [0, 0.1) is 12.3 Å². The smallest absolute Gasteiger partial charge is 0.191 e. The monoisotopic (exact) mass is 383 g/mol. The maximum atomic E-state index is 5.40. The third kappa shape index (κ3) is 15.4. The summed E-state index contributed by atoms with van der Waals surface area (Å²) in [6.07, 6.45) is 7.41. The van der Waals surface area contributed by atoms with Crippen molar-refractivity contribution in [2.24, 2.45) is 4.99 Å². The van der Waals surface area contributed by atoms with Crippen LogP contribution in [0.25, 0.3) is 0 Å². The van der Waals surface area contributed by atoms with Crippen molar-refractivity contribution in [1.82, 2.24) is 10.6 Å². The van der Waals surface area contributed by atoms with Gasteiger partial charge in [0, 0.05) is 20.2 Å². The molecule has 0 aliphatic heterocycles. The minimum atomic E-state index is 0. The lowest BCUT2D eigenvalue weighted by Gasteiger charge is -2.10. The number of hydrogen-bond donors (Lipinski definition) is 2. The summed E-state index contributed by atoms with van der Waals surface area (Å²) in [6, 6.07) is 0. The molecule has 0 rings (SSSR count). The molecule has 0 saturated carbocycles. The summed E-state index contributed by atoms with van der Waals surface area (Å²) in [6.45, 7) is 6.03. The highest BCUT2D eigenvalue weighted by Gasteiger charge is 1.94. The molecule has 0 aromatic heterocycles. The topological polar surface area (TPSA) is 54.9 Å². The third-order valence-electron chi connectivity index (χ3n) is 2.13. The highest BCUT2D eigenvalue weighted by molar-refractivity contribution is 14.0. The zero-order valence-electron chi connectivity index (χ0n) is 11.9. The van der Waals surface area contributed by atoms with Gasteiger partial charge in [-0.1, -0.05) is 19.3 Å². The highest BCUT2D eigenvalue weighted by Crippen LogP contribution is 1.87. The quantitative estimate of drug-likeness (QED) is 0.196. The molecule has 0 spiro atoms. The maximum Gasteiger partial charge on any atom is 0.191 e. The molecule has 0 unspecified atom stereocenters. The second-order valence-corrected chi connectivity index (χ2v) is 3.63. The first kappa shape index (κ1) is 20.8. The molecule has 19 heavy (non-hydrogen) atoms. The Labute approximate surface area is 133 Å². The van der Waals surface area contributed by atoms with Gasteiger partial charge in [0.1, 0.15) is 0 Å². The number of aliphatic imine (C=N–C) groups is 1. The second kappa shape index (κ2) is 17.5. The van der Waals surface area contributed by atoms with Gasteiger partial charge in [0.05, 0.1) is 26.4 Å². The van der Waals surface area contributed by atoms with Gasteiger partial charge >= 0.3 is 0 Å². The van der Waals surface area contributed by atoms with E-state index in [2.05, 4.69) is 28.5 Å². The van der Waals surface area contributed by atoms with Gasteiger partial charge in [-0.25, -0.2) is 0 Å². The summed E-state index contributed by atoms with van der Waals surface area (Å²) in [7, 11) is 1.70. The molecule has 0 heterocycles. The molecule has 6 heteroatoms. The van der Waals surface area contributed by atoms with Crippen molar-refractivity contribution in [2.45, 2.75) is 19.8 Å². The van der Waals surface area contributed by atoms with Crippen molar-refractivity contribution in [1.29, 1.82) is 0 Å². The Bertz CT molecular complexity index is 255. The standard InChI is InChI=1S/C13H25N3O2.HI/c1-4-6-9-17-11-12-18-10-8-16-13(14-3)15-7-5-2;/h2H,4,6-12H2,1,3H3,(H2,14,15,16);1H. The van der Waals surface area contributed by atoms with E-state index < -0.39 is 0 Å². The largest absolute Gasteiger partial charge is 0.379 e. The van der Waals surface area contributed by atoms with Gasteiger partial charge in [0.25, 0.3) is 0 Å². The van der Waals surface area contributed by atoms with E-state index in [1.165, 1.54) is 0 Å².